The highest BCUT2D eigenvalue weighted by Gasteiger charge is 2.62. The van der Waals surface area contributed by atoms with E-state index in [1.54, 1.807) is 32.5 Å². The lowest BCUT2D eigenvalue weighted by molar-refractivity contribution is -0.119. The molecule has 3 aromatic rings. The zero-order chi connectivity index (χ0) is 24.2. The van der Waals surface area contributed by atoms with Crippen LogP contribution >= 0.6 is 11.8 Å². The van der Waals surface area contributed by atoms with E-state index in [1.807, 2.05) is 72.8 Å². The maximum Gasteiger partial charge on any atom is 0.408 e. The number of hydrogen-bond acceptors (Lipinski definition) is 4. The van der Waals surface area contributed by atoms with Gasteiger partial charge in [0.15, 0.2) is 0 Å². The second-order valence-corrected chi connectivity index (χ2v) is 10.6. The first-order valence-corrected chi connectivity index (χ1v) is 12.4. The topological polar surface area (TPSA) is 67.4 Å². The molecule has 0 radical (unpaired) electrons. The van der Waals surface area contributed by atoms with Crippen molar-refractivity contribution >= 4 is 29.4 Å². The second kappa shape index (κ2) is 9.94. The Morgan fingerprint density at radius 1 is 0.941 bits per heavy atom. The molecule has 3 aromatic carbocycles. The van der Waals surface area contributed by atoms with E-state index >= 15 is 0 Å². The van der Waals surface area contributed by atoms with Crippen molar-refractivity contribution in [2.75, 3.05) is 5.32 Å². The smallest absolute Gasteiger partial charge is 0.408 e. The summed E-state index contributed by atoms with van der Waals surface area (Å²) in [5.74, 6) is 0.535. The third-order valence-corrected chi connectivity index (χ3v) is 6.74. The summed E-state index contributed by atoms with van der Waals surface area (Å²) >= 11 is 1.74. The van der Waals surface area contributed by atoms with Gasteiger partial charge in [0.2, 0.25) is 0 Å². The van der Waals surface area contributed by atoms with Crippen LogP contribution in [0.25, 0.3) is 0 Å². The molecule has 0 bridgehead atoms. The molecule has 176 valence electrons. The van der Waals surface area contributed by atoms with E-state index in [-0.39, 0.29) is 11.8 Å². The van der Waals surface area contributed by atoms with E-state index in [4.69, 9.17) is 4.74 Å². The van der Waals surface area contributed by atoms with E-state index in [2.05, 4.69) is 22.8 Å². The Labute approximate surface area is 205 Å². The first-order chi connectivity index (χ1) is 16.2. The van der Waals surface area contributed by atoms with Crippen LogP contribution in [-0.2, 0) is 15.3 Å². The molecule has 1 fully saturated rings. The van der Waals surface area contributed by atoms with Gasteiger partial charge in [-0.25, -0.2) is 4.79 Å². The van der Waals surface area contributed by atoms with Gasteiger partial charge in [0, 0.05) is 22.3 Å². The van der Waals surface area contributed by atoms with E-state index in [9.17, 15) is 9.59 Å². The Morgan fingerprint density at radius 2 is 1.56 bits per heavy atom. The number of nitrogens with one attached hydrogen (secondary N) is 2. The van der Waals surface area contributed by atoms with Crippen LogP contribution in [0.5, 0.6) is 0 Å². The minimum Gasteiger partial charge on any atom is -0.444 e. The van der Waals surface area contributed by atoms with E-state index < -0.39 is 17.2 Å². The van der Waals surface area contributed by atoms with Crippen molar-refractivity contribution in [3.63, 3.8) is 0 Å². The standard InChI is InChI=1S/C28H30N2O3S/c1-27(2,3)33-26(32)30-28(18-24(28)21-12-8-5-9-13-21)25(31)29-22-14-16-23(17-15-22)34-19-20-10-6-4-7-11-20/h4-17,24H,18-19H2,1-3H3,(H,29,31)(H,30,32)/t24-,28+/m1/s1. The number of anilines is 1. The second-order valence-electron chi connectivity index (χ2n) is 9.52. The van der Waals surface area contributed by atoms with Crippen LogP contribution in [-0.4, -0.2) is 23.1 Å². The summed E-state index contributed by atoms with van der Waals surface area (Å²) in [5, 5.41) is 5.86. The van der Waals surface area contributed by atoms with Crippen molar-refractivity contribution in [2.45, 2.75) is 54.9 Å². The van der Waals surface area contributed by atoms with Crippen molar-refractivity contribution in [2.24, 2.45) is 0 Å². The number of carbonyl (C=O) groups is 2. The highest BCUT2D eigenvalue weighted by molar-refractivity contribution is 7.98. The van der Waals surface area contributed by atoms with E-state index in [1.165, 1.54) is 5.56 Å². The maximum absolute atomic E-state index is 13.4. The molecule has 1 aliphatic carbocycles. The van der Waals surface area contributed by atoms with Crippen molar-refractivity contribution in [1.29, 1.82) is 0 Å². The molecule has 1 aliphatic rings. The fourth-order valence-corrected chi connectivity index (χ4v) is 4.75. The fraction of sp³-hybridized carbons (Fsp3) is 0.286. The molecular formula is C28H30N2O3S. The summed E-state index contributed by atoms with van der Waals surface area (Å²) < 4.78 is 5.44. The summed E-state index contributed by atoms with van der Waals surface area (Å²) in [6, 6.07) is 27.9. The molecule has 0 aliphatic heterocycles. The largest absolute Gasteiger partial charge is 0.444 e. The van der Waals surface area contributed by atoms with Crippen molar-refractivity contribution in [3.05, 3.63) is 96.1 Å². The Morgan fingerprint density at radius 3 is 2.18 bits per heavy atom. The number of alkyl carbamates (subject to hydrolysis) is 1. The fourth-order valence-electron chi connectivity index (χ4n) is 3.90. The molecule has 0 saturated heterocycles. The first kappa shape index (κ1) is 23.9. The highest BCUT2D eigenvalue weighted by Crippen LogP contribution is 2.52. The van der Waals surface area contributed by atoms with Crippen LogP contribution in [0, 0.1) is 0 Å². The number of thioether (sulfide) groups is 1. The van der Waals surface area contributed by atoms with Crippen molar-refractivity contribution in [3.8, 4) is 0 Å². The summed E-state index contributed by atoms with van der Waals surface area (Å²) in [6.45, 7) is 5.41. The van der Waals surface area contributed by atoms with Crippen LogP contribution in [0.1, 0.15) is 44.2 Å². The zero-order valence-corrected chi connectivity index (χ0v) is 20.5. The minimum atomic E-state index is -1.04. The third-order valence-electron chi connectivity index (χ3n) is 5.65. The lowest BCUT2D eigenvalue weighted by Crippen LogP contribution is -2.49. The summed E-state index contributed by atoms with van der Waals surface area (Å²) in [4.78, 5) is 27.1. The van der Waals surface area contributed by atoms with Gasteiger partial charge in [0.05, 0.1) is 0 Å². The monoisotopic (exact) mass is 474 g/mol. The van der Waals surface area contributed by atoms with Crippen molar-refractivity contribution < 1.29 is 14.3 Å². The molecule has 0 unspecified atom stereocenters. The predicted molar refractivity (Wildman–Crippen MR) is 137 cm³/mol. The van der Waals surface area contributed by atoms with Crippen LogP contribution in [0.15, 0.2) is 89.8 Å². The lowest BCUT2D eigenvalue weighted by Gasteiger charge is -2.24. The van der Waals surface area contributed by atoms with Crippen LogP contribution < -0.4 is 10.6 Å². The van der Waals surface area contributed by atoms with Gasteiger partial charge in [0.25, 0.3) is 5.91 Å². The molecule has 0 heterocycles. The number of amides is 2. The van der Waals surface area contributed by atoms with Crippen LogP contribution in [0.4, 0.5) is 10.5 Å². The summed E-state index contributed by atoms with van der Waals surface area (Å²) in [5.41, 5.74) is 1.29. The van der Waals surface area contributed by atoms with Gasteiger partial charge in [-0.1, -0.05) is 60.7 Å². The normalized spacial score (nSPS) is 19.2. The summed E-state index contributed by atoms with van der Waals surface area (Å²) in [7, 11) is 0. The highest BCUT2D eigenvalue weighted by atomic mass is 32.2. The third kappa shape index (κ3) is 6.00. The van der Waals surface area contributed by atoms with Gasteiger partial charge in [-0.2, -0.15) is 0 Å². The average molecular weight is 475 g/mol. The Hall–Kier alpha value is -3.25. The SMILES string of the molecule is CC(C)(C)OC(=O)N[C@@]1(C(=O)Nc2ccc(SCc3ccccc3)cc2)C[C@@H]1c1ccccc1. The Kier molecular flexibility index (Phi) is 6.98. The maximum atomic E-state index is 13.4. The zero-order valence-electron chi connectivity index (χ0n) is 19.7. The molecule has 0 spiro atoms. The van der Waals surface area contributed by atoms with Crippen LogP contribution in [0.3, 0.4) is 0 Å². The number of benzene rings is 3. The molecule has 4 rings (SSSR count). The van der Waals surface area contributed by atoms with Gasteiger partial charge in [-0.15, -0.1) is 11.8 Å². The average Bonchev–Trinajstić information content (AvgIpc) is 3.54. The summed E-state index contributed by atoms with van der Waals surface area (Å²) in [6.07, 6.45) is -0.0682. The Bertz CT molecular complexity index is 1130. The van der Waals surface area contributed by atoms with Gasteiger partial charge in [-0.05, 0) is 62.6 Å². The molecule has 2 amide bonds. The molecule has 1 saturated carbocycles. The molecule has 2 atom stereocenters. The number of carbonyl (C=O) groups excluding carboxylic acids is 2. The van der Waals surface area contributed by atoms with Gasteiger partial charge in [-0.3, -0.25) is 4.79 Å². The molecule has 0 aromatic heterocycles. The molecular weight excluding hydrogens is 444 g/mol. The van der Waals surface area contributed by atoms with E-state index in [0.29, 0.717) is 12.1 Å². The number of hydrogen-bond donors (Lipinski definition) is 2. The molecule has 6 heteroatoms. The lowest BCUT2D eigenvalue weighted by atomic mass is 10.1. The molecule has 2 N–H and O–H groups in total. The Balaban J connectivity index is 1.44. The van der Waals surface area contributed by atoms with E-state index in [0.717, 1.165) is 16.2 Å². The van der Waals surface area contributed by atoms with Crippen molar-refractivity contribution in [1.82, 2.24) is 5.32 Å². The minimum absolute atomic E-state index is 0.109. The molecule has 5 nitrogen and oxygen atoms in total. The first-order valence-electron chi connectivity index (χ1n) is 11.4. The van der Waals surface area contributed by atoms with Gasteiger partial charge in [0.1, 0.15) is 11.1 Å². The van der Waals surface area contributed by atoms with Crippen LogP contribution in [0.2, 0.25) is 0 Å². The van der Waals surface area contributed by atoms with Gasteiger partial charge >= 0.3 is 6.09 Å². The number of ether oxygens (including phenoxy) is 1. The predicted octanol–water partition coefficient (Wildman–Crippen LogP) is 6.37. The molecule has 34 heavy (non-hydrogen) atoms. The van der Waals surface area contributed by atoms with Gasteiger partial charge < -0.3 is 15.4 Å². The quantitative estimate of drug-likeness (QED) is 0.391. The number of rotatable bonds is 7.